The third-order valence-corrected chi connectivity index (χ3v) is 5.82. The lowest BCUT2D eigenvalue weighted by atomic mass is 10.1. The summed E-state index contributed by atoms with van der Waals surface area (Å²) in [5.74, 6) is 0.865. The molecule has 0 aliphatic carbocycles. The Hall–Kier alpha value is -2.58. The first-order chi connectivity index (χ1) is 13.4. The summed E-state index contributed by atoms with van der Waals surface area (Å²) in [6.07, 6.45) is 1.13. The van der Waals surface area contributed by atoms with Crippen LogP contribution in [0.4, 0.5) is 5.69 Å². The van der Waals surface area contributed by atoms with Crippen molar-refractivity contribution in [3.63, 3.8) is 0 Å². The second kappa shape index (κ2) is 8.62. The molecule has 0 spiro atoms. The molecule has 0 unspecified atom stereocenters. The number of hydrogen-bond acceptors (Lipinski definition) is 5. The van der Waals surface area contributed by atoms with E-state index in [0.717, 1.165) is 36.5 Å². The van der Waals surface area contributed by atoms with Crippen molar-refractivity contribution < 1.29 is 17.9 Å². The van der Waals surface area contributed by atoms with Gasteiger partial charge in [-0.2, -0.15) is 0 Å². The lowest BCUT2D eigenvalue weighted by Gasteiger charge is -2.24. The average molecular weight is 404 g/mol. The number of methoxy groups -OCH3 is 1. The zero-order valence-electron chi connectivity index (χ0n) is 15.9. The van der Waals surface area contributed by atoms with Crippen LogP contribution in [0.3, 0.4) is 0 Å². The SMILES string of the molecule is COc1ccc(N2CCCN(C(=O)Cc3ccc(S(N)(=O)=O)cc3)CC2)cc1. The predicted octanol–water partition coefficient (Wildman–Crippen LogP) is 1.62. The normalized spacial score (nSPS) is 15.2. The number of nitrogens with two attached hydrogens (primary N) is 1. The van der Waals surface area contributed by atoms with Crippen LogP contribution in [0.15, 0.2) is 53.4 Å². The van der Waals surface area contributed by atoms with Gasteiger partial charge in [-0.25, -0.2) is 13.6 Å². The summed E-state index contributed by atoms with van der Waals surface area (Å²) in [6, 6.07) is 14.1. The van der Waals surface area contributed by atoms with Gasteiger partial charge in [-0.3, -0.25) is 4.79 Å². The molecular formula is C20H25N3O4S. The highest BCUT2D eigenvalue weighted by Crippen LogP contribution is 2.21. The van der Waals surface area contributed by atoms with Crippen LogP contribution in [0.2, 0.25) is 0 Å². The molecule has 1 saturated heterocycles. The van der Waals surface area contributed by atoms with Gasteiger partial charge in [0.05, 0.1) is 18.4 Å². The molecule has 7 nitrogen and oxygen atoms in total. The molecule has 1 amide bonds. The number of ether oxygens (including phenoxy) is 1. The van der Waals surface area contributed by atoms with Crippen LogP contribution in [0, 0.1) is 0 Å². The molecule has 0 aromatic heterocycles. The van der Waals surface area contributed by atoms with Crippen molar-refractivity contribution in [2.75, 3.05) is 38.2 Å². The fourth-order valence-electron chi connectivity index (χ4n) is 3.30. The Labute approximate surface area is 165 Å². The maximum atomic E-state index is 12.7. The molecular weight excluding hydrogens is 378 g/mol. The number of hydrogen-bond donors (Lipinski definition) is 1. The van der Waals surface area contributed by atoms with E-state index >= 15 is 0 Å². The van der Waals surface area contributed by atoms with E-state index < -0.39 is 10.0 Å². The molecule has 150 valence electrons. The zero-order valence-corrected chi connectivity index (χ0v) is 16.7. The van der Waals surface area contributed by atoms with Crippen molar-refractivity contribution >= 4 is 21.6 Å². The Bertz CT molecular complexity index is 911. The van der Waals surface area contributed by atoms with Gasteiger partial charge >= 0.3 is 0 Å². The van der Waals surface area contributed by atoms with Crippen LogP contribution < -0.4 is 14.8 Å². The Kier molecular flexibility index (Phi) is 6.21. The smallest absolute Gasteiger partial charge is 0.238 e. The maximum Gasteiger partial charge on any atom is 0.238 e. The van der Waals surface area contributed by atoms with Crippen LogP contribution >= 0.6 is 0 Å². The van der Waals surface area contributed by atoms with Gasteiger partial charge in [0.2, 0.25) is 15.9 Å². The Morgan fingerprint density at radius 1 is 1.00 bits per heavy atom. The van der Waals surface area contributed by atoms with E-state index in [0.29, 0.717) is 13.1 Å². The van der Waals surface area contributed by atoms with Crippen LogP contribution in [0.5, 0.6) is 5.75 Å². The summed E-state index contributed by atoms with van der Waals surface area (Å²) in [7, 11) is -2.07. The van der Waals surface area contributed by atoms with Crippen molar-refractivity contribution in [1.82, 2.24) is 4.90 Å². The number of amides is 1. The lowest BCUT2D eigenvalue weighted by Crippen LogP contribution is -2.36. The van der Waals surface area contributed by atoms with E-state index in [9.17, 15) is 13.2 Å². The van der Waals surface area contributed by atoms with Gasteiger partial charge in [-0.1, -0.05) is 12.1 Å². The Morgan fingerprint density at radius 3 is 2.29 bits per heavy atom. The van der Waals surface area contributed by atoms with E-state index in [1.165, 1.54) is 12.1 Å². The number of carbonyl (C=O) groups excluding carboxylic acids is 1. The van der Waals surface area contributed by atoms with Crippen molar-refractivity contribution in [3.8, 4) is 5.75 Å². The first-order valence-corrected chi connectivity index (χ1v) is 10.7. The monoisotopic (exact) mass is 403 g/mol. The predicted molar refractivity (Wildman–Crippen MR) is 108 cm³/mol. The summed E-state index contributed by atoms with van der Waals surface area (Å²) in [5, 5.41) is 5.10. The van der Waals surface area contributed by atoms with E-state index in [2.05, 4.69) is 4.90 Å². The number of benzene rings is 2. The summed E-state index contributed by atoms with van der Waals surface area (Å²) in [6.45, 7) is 3.02. The van der Waals surface area contributed by atoms with E-state index in [1.54, 1.807) is 19.2 Å². The molecule has 1 aliphatic heterocycles. The number of rotatable bonds is 5. The first kappa shape index (κ1) is 20.2. The number of nitrogens with zero attached hydrogens (tertiary/aromatic N) is 2. The van der Waals surface area contributed by atoms with Crippen LogP contribution in [0.1, 0.15) is 12.0 Å². The van der Waals surface area contributed by atoms with Gasteiger partial charge in [0.15, 0.2) is 0 Å². The lowest BCUT2D eigenvalue weighted by molar-refractivity contribution is -0.130. The molecule has 1 fully saturated rings. The minimum Gasteiger partial charge on any atom is -0.497 e. The fourth-order valence-corrected chi connectivity index (χ4v) is 3.82. The first-order valence-electron chi connectivity index (χ1n) is 9.15. The number of carbonyl (C=O) groups is 1. The standard InChI is InChI=1S/C20H25N3O4S/c1-27-18-7-5-17(6-8-18)22-11-2-12-23(14-13-22)20(24)15-16-3-9-19(10-4-16)28(21,25)26/h3-10H,2,11-15H2,1H3,(H2,21,25,26). The summed E-state index contributed by atoms with van der Waals surface area (Å²) in [4.78, 5) is 16.9. The highest BCUT2D eigenvalue weighted by molar-refractivity contribution is 7.89. The second-order valence-electron chi connectivity index (χ2n) is 6.79. The third-order valence-electron chi connectivity index (χ3n) is 4.89. The van der Waals surface area contributed by atoms with Crippen LogP contribution in [-0.4, -0.2) is 52.5 Å². The molecule has 2 aromatic carbocycles. The van der Waals surface area contributed by atoms with Crippen molar-refractivity contribution in [3.05, 3.63) is 54.1 Å². The van der Waals surface area contributed by atoms with Crippen LogP contribution in [-0.2, 0) is 21.2 Å². The van der Waals surface area contributed by atoms with E-state index in [1.807, 2.05) is 29.2 Å². The molecule has 1 aliphatic rings. The number of anilines is 1. The van der Waals surface area contributed by atoms with Crippen molar-refractivity contribution in [2.45, 2.75) is 17.7 Å². The minimum absolute atomic E-state index is 0.0416. The fraction of sp³-hybridized carbons (Fsp3) is 0.350. The van der Waals surface area contributed by atoms with Crippen molar-refractivity contribution in [2.24, 2.45) is 5.14 Å². The number of sulfonamides is 1. The molecule has 0 saturated carbocycles. The molecule has 2 aromatic rings. The van der Waals surface area contributed by atoms with Gasteiger partial charge in [-0.05, 0) is 48.4 Å². The quantitative estimate of drug-likeness (QED) is 0.819. The van der Waals surface area contributed by atoms with Gasteiger partial charge in [-0.15, -0.1) is 0 Å². The summed E-state index contributed by atoms with van der Waals surface area (Å²) in [5.41, 5.74) is 1.89. The van der Waals surface area contributed by atoms with Gasteiger partial charge in [0, 0.05) is 31.9 Å². The molecule has 2 N–H and O–H groups in total. The van der Waals surface area contributed by atoms with Crippen molar-refractivity contribution in [1.29, 1.82) is 0 Å². The van der Waals surface area contributed by atoms with E-state index in [-0.39, 0.29) is 17.2 Å². The average Bonchev–Trinajstić information content (AvgIpc) is 2.94. The minimum atomic E-state index is -3.72. The molecule has 8 heteroatoms. The molecule has 1 heterocycles. The van der Waals surface area contributed by atoms with Crippen LogP contribution in [0.25, 0.3) is 0 Å². The summed E-state index contributed by atoms with van der Waals surface area (Å²) < 4.78 is 27.9. The molecule has 28 heavy (non-hydrogen) atoms. The molecule has 0 bridgehead atoms. The van der Waals surface area contributed by atoms with Gasteiger partial charge < -0.3 is 14.5 Å². The molecule has 0 radical (unpaired) electrons. The highest BCUT2D eigenvalue weighted by Gasteiger charge is 2.20. The Balaban J connectivity index is 1.59. The maximum absolute atomic E-state index is 12.7. The molecule has 0 atom stereocenters. The van der Waals surface area contributed by atoms with Gasteiger partial charge in [0.25, 0.3) is 0 Å². The second-order valence-corrected chi connectivity index (χ2v) is 8.35. The number of primary sulfonamides is 1. The molecule has 3 rings (SSSR count). The Morgan fingerprint density at radius 2 is 1.68 bits per heavy atom. The largest absolute Gasteiger partial charge is 0.497 e. The summed E-state index contributed by atoms with van der Waals surface area (Å²) >= 11 is 0. The highest BCUT2D eigenvalue weighted by atomic mass is 32.2. The zero-order chi connectivity index (χ0) is 20.1. The third kappa shape index (κ3) is 5.02. The topological polar surface area (TPSA) is 92.9 Å². The van der Waals surface area contributed by atoms with Gasteiger partial charge in [0.1, 0.15) is 5.75 Å². The van der Waals surface area contributed by atoms with E-state index in [4.69, 9.17) is 9.88 Å².